The summed E-state index contributed by atoms with van der Waals surface area (Å²) < 4.78 is 5.48. The second-order valence-electron chi connectivity index (χ2n) is 25.1. The van der Waals surface area contributed by atoms with Crippen LogP contribution < -0.4 is 0 Å². The molecule has 107 heavy (non-hydrogen) atoms. The first-order chi connectivity index (χ1) is 50.7. The van der Waals surface area contributed by atoms with E-state index in [-0.39, 0.29) is 84.3 Å². The van der Waals surface area contributed by atoms with Crippen molar-refractivity contribution in [3.8, 4) is 17.5 Å². The van der Waals surface area contributed by atoms with Crippen LogP contribution in [0.5, 0.6) is 0 Å². The number of pyridine rings is 4. The number of benzene rings is 8. The molecule has 1 aliphatic rings. The van der Waals surface area contributed by atoms with E-state index in [1.807, 2.05) is 188 Å². The van der Waals surface area contributed by atoms with Crippen molar-refractivity contribution in [3.05, 3.63) is 453 Å². The van der Waals surface area contributed by atoms with E-state index in [9.17, 15) is 0 Å². The maximum absolute atomic E-state index is 4.80. The third-order valence-corrected chi connectivity index (χ3v) is 16.8. The minimum Gasteiger partial charge on any atom is -0.259 e. The van der Waals surface area contributed by atoms with E-state index in [1.165, 1.54) is 44.5 Å². The molecule has 0 saturated carbocycles. The first kappa shape index (κ1) is 81.2. The Kier molecular flexibility index (Phi) is 31.8. The Morgan fingerprint density at radius 1 is 0.327 bits per heavy atom. The summed E-state index contributed by atoms with van der Waals surface area (Å²) in [4.78, 5) is 23.4. The van der Waals surface area contributed by atoms with Gasteiger partial charge in [-0.25, -0.2) is 29.0 Å². The average Bonchev–Trinajstić information content (AvgIpc) is 1.77. The predicted octanol–water partition coefficient (Wildman–Crippen LogP) is 17.6. The summed E-state index contributed by atoms with van der Waals surface area (Å²) >= 11 is 0. The molecule has 0 spiro atoms. The van der Waals surface area contributed by atoms with E-state index >= 15 is 0 Å². The molecule has 7 aromatic heterocycles. The van der Waals surface area contributed by atoms with E-state index in [2.05, 4.69) is 196 Å². The molecule has 11 nitrogen and oxygen atoms in total. The molecule has 8 aromatic carbocycles. The molecule has 0 saturated heterocycles. The molecule has 0 amide bonds. The molecular weight excluding hydrogens is 2040 g/mol. The standard InChI is InChI=1S/C24H21N3.C23H19N3.C23H18N2.C22H17N3.4Pt/c1-18-14-19(2)27(26-18)24-13-7-12-23(25-24)17-22-11-6-10-21(16-22)15-20-8-4-3-5-9-20;1-18-13-14-26(25-18)23-12-6-11-22(24-23)17-21-10-5-9-20(16-21)15-19-7-3-2-4-8-19;1-2-7-18(8-3-1)15-19-9-4-10-20(16-19)17-21-11-5-12-23(25-21)22-13-6-14-24-22;1-2-7-18(8-3-1)15-19-9-4-10-20(16-19)17-21-11-5-12-22(24-21)25-14-6-13-23-25;;;;/h3-8,10-14H,15,17H2,1-2H3;2-7,9-14H,15,17H2,1H3;1-7,9-12,14H,13,15,17H2;1-7,9-14H,15,17H2;;;;/q4*-2;4*+2. The van der Waals surface area contributed by atoms with Crippen molar-refractivity contribution in [1.82, 2.24) is 49.3 Å². The molecule has 0 unspecified atom stereocenters. The van der Waals surface area contributed by atoms with Crippen LogP contribution in [0.25, 0.3) is 17.5 Å². The summed E-state index contributed by atoms with van der Waals surface area (Å²) in [5.74, 6) is 2.52. The number of nitrogens with zero attached hydrogens (tertiary/aromatic N) is 11. The molecule has 538 valence electrons. The van der Waals surface area contributed by atoms with Crippen LogP contribution in [0.3, 0.4) is 0 Å². The van der Waals surface area contributed by atoms with Gasteiger partial charge in [-0.1, -0.05) is 30.3 Å². The second-order valence-corrected chi connectivity index (χ2v) is 25.1. The fourth-order valence-electron chi connectivity index (χ4n) is 12.0. The molecule has 0 atom stereocenters. The van der Waals surface area contributed by atoms with E-state index in [0.717, 1.165) is 149 Å². The van der Waals surface area contributed by atoms with Crippen LogP contribution in [0, 0.1) is 69.3 Å². The van der Waals surface area contributed by atoms with Gasteiger partial charge in [0.1, 0.15) is 0 Å². The summed E-state index contributed by atoms with van der Waals surface area (Å²) in [5.41, 5.74) is 23.1. The molecule has 15 heteroatoms. The molecule has 0 N–H and O–H groups in total. The van der Waals surface area contributed by atoms with Crippen LogP contribution in [-0.4, -0.2) is 55.0 Å². The fourth-order valence-corrected chi connectivity index (χ4v) is 12.0. The van der Waals surface area contributed by atoms with Crippen molar-refractivity contribution >= 4 is 5.71 Å². The van der Waals surface area contributed by atoms with Gasteiger partial charge >= 0.3 is 84.3 Å². The van der Waals surface area contributed by atoms with Gasteiger partial charge in [0.15, 0.2) is 17.5 Å². The monoisotopic (exact) mass is 2110 g/mol. The van der Waals surface area contributed by atoms with Crippen LogP contribution in [0.2, 0.25) is 0 Å². The van der Waals surface area contributed by atoms with Crippen LogP contribution in [-0.2, 0) is 136 Å². The smallest absolute Gasteiger partial charge is 0.259 e. The van der Waals surface area contributed by atoms with Crippen molar-refractivity contribution in [1.29, 1.82) is 0 Å². The number of rotatable bonds is 20. The molecule has 0 aliphatic carbocycles. The largest absolute Gasteiger partial charge is 2.00 e. The van der Waals surface area contributed by atoms with Gasteiger partial charge in [0.05, 0.1) is 22.8 Å². The summed E-state index contributed by atoms with van der Waals surface area (Å²) in [5, 5.41) is 13.2. The minimum atomic E-state index is 0. The average molecular weight is 2120 g/mol. The fraction of sp³-hybridized carbons (Fsp3) is 0.130. The van der Waals surface area contributed by atoms with Crippen LogP contribution >= 0.6 is 0 Å². The van der Waals surface area contributed by atoms with Crippen LogP contribution in [0.4, 0.5) is 0 Å². The molecule has 0 bridgehead atoms. The van der Waals surface area contributed by atoms with Gasteiger partial charge in [-0.15, -0.1) is 0 Å². The normalized spacial score (nSPS) is 10.9. The molecule has 16 rings (SSSR count). The van der Waals surface area contributed by atoms with Crippen LogP contribution in [0.15, 0.2) is 297 Å². The summed E-state index contributed by atoms with van der Waals surface area (Å²) in [6, 6.07) is 115. The summed E-state index contributed by atoms with van der Waals surface area (Å²) in [7, 11) is 0. The number of hydrogen-bond donors (Lipinski definition) is 0. The quantitative estimate of drug-likeness (QED) is 0.0698. The molecule has 8 heterocycles. The van der Waals surface area contributed by atoms with Crippen molar-refractivity contribution in [2.75, 3.05) is 0 Å². The van der Waals surface area contributed by atoms with E-state index in [1.54, 1.807) is 10.9 Å². The maximum Gasteiger partial charge on any atom is 2.00 e. The molecule has 15 aromatic rings. The van der Waals surface area contributed by atoms with Gasteiger partial charge in [0.2, 0.25) is 0 Å². The first-order valence-corrected chi connectivity index (χ1v) is 34.6. The van der Waals surface area contributed by atoms with Gasteiger partial charge in [-0.05, 0) is 139 Å². The molecule has 0 radical (unpaired) electrons. The number of aliphatic imine (C=N–C) groups is 1. The van der Waals surface area contributed by atoms with E-state index < -0.39 is 0 Å². The molecular formula is C92H75N11Pt4. The van der Waals surface area contributed by atoms with E-state index in [0.29, 0.717) is 0 Å². The Labute approximate surface area is 686 Å². The van der Waals surface area contributed by atoms with Gasteiger partial charge in [-0.2, -0.15) is 300 Å². The van der Waals surface area contributed by atoms with Crippen molar-refractivity contribution in [3.63, 3.8) is 0 Å². The minimum absolute atomic E-state index is 0. The Balaban J connectivity index is 0.000000163. The third-order valence-electron chi connectivity index (χ3n) is 16.8. The third kappa shape index (κ3) is 24.9. The Bertz CT molecular complexity index is 5260. The summed E-state index contributed by atoms with van der Waals surface area (Å²) in [6.45, 7) is 6.02. The zero-order valence-electron chi connectivity index (χ0n) is 59.3. The van der Waals surface area contributed by atoms with Gasteiger partial charge in [0, 0.05) is 59.7 Å². The first-order valence-electron chi connectivity index (χ1n) is 34.6. The van der Waals surface area contributed by atoms with Crippen molar-refractivity contribution < 1.29 is 84.3 Å². The number of allylic oxidation sites excluding steroid dienone is 1. The van der Waals surface area contributed by atoms with Crippen molar-refractivity contribution in [2.45, 2.75) is 78.6 Å². The van der Waals surface area contributed by atoms with Gasteiger partial charge < -0.3 is 0 Å². The summed E-state index contributed by atoms with van der Waals surface area (Å²) in [6.07, 6.45) is 16.8. The van der Waals surface area contributed by atoms with E-state index in [4.69, 9.17) is 19.9 Å². The second kappa shape index (κ2) is 41.9. The SMILES string of the molecule is Cc1cc(C)n(-c2cccc(Cc3[c-]c(Cc4[c-]cccc4)ccc3)n2)n1.Cc1ccn(-c2cccc(Cc3[c-]c(Cc4[c-]cccc4)ccc3)n2)n1.[Pt+2].[Pt+2].[Pt+2].[Pt+2].[c-]1ccccc1Cc1[c-]c(Cc2cccc(-n3cccn3)n2)ccc1.[c-]1ccccc1Cc1[c-]c(Cc2cccc(C3=NC=CC3)n2)ccc1. The van der Waals surface area contributed by atoms with Gasteiger partial charge in [-0.3, -0.25) is 9.98 Å². The molecule has 1 aliphatic heterocycles. The maximum atomic E-state index is 4.80. The Morgan fingerprint density at radius 3 is 1.06 bits per heavy atom. The van der Waals surface area contributed by atoms with Gasteiger partial charge in [0.25, 0.3) is 0 Å². The topological polar surface area (TPSA) is 117 Å². The number of hydrogen-bond acceptors (Lipinski definition) is 8. The number of aromatic nitrogens is 10. The Morgan fingerprint density at radius 2 is 0.701 bits per heavy atom. The zero-order chi connectivity index (χ0) is 70.2. The predicted molar refractivity (Wildman–Crippen MR) is 407 cm³/mol. The zero-order valence-corrected chi connectivity index (χ0v) is 68.3. The molecule has 0 fully saturated rings. The van der Waals surface area contributed by atoms with Crippen LogP contribution in [0.1, 0.15) is 119 Å². The Hall–Kier alpha value is -9.85. The van der Waals surface area contributed by atoms with Crippen molar-refractivity contribution in [2.24, 2.45) is 4.99 Å². The number of aryl methyl sites for hydroxylation is 3.